The second-order valence-corrected chi connectivity index (χ2v) is 5.39. The van der Waals surface area contributed by atoms with E-state index in [0.29, 0.717) is 5.25 Å². The summed E-state index contributed by atoms with van der Waals surface area (Å²) in [5.41, 5.74) is 6.38. The highest BCUT2D eigenvalue weighted by molar-refractivity contribution is 8.00. The molecule has 1 unspecified atom stereocenters. The van der Waals surface area contributed by atoms with Crippen molar-refractivity contribution in [2.24, 2.45) is 0 Å². The zero-order valence-corrected chi connectivity index (χ0v) is 10.0. The third kappa shape index (κ3) is 2.93. The lowest BCUT2D eigenvalue weighted by Gasteiger charge is -2.16. The molecule has 1 aliphatic rings. The number of hydrogen-bond donors (Lipinski definition) is 1. The quantitative estimate of drug-likeness (QED) is 0.621. The van der Waals surface area contributed by atoms with Crippen LogP contribution in [0.2, 0.25) is 5.02 Å². The molecule has 0 spiro atoms. The molecule has 0 aliphatic heterocycles. The van der Waals surface area contributed by atoms with E-state index in [9.17, 15) is 0 Å². The van der Waals surface area contributed by atoms with Gasteiger partial charge in [0.05, 0.1) is 5.02 Å². The summed E-state index contributed by atoms with van der Waals surface area (Å²) < 4.78 is 0. The normalized spacial score (nSPS) is 20.5. The van der Waals surface area contributed by atoms with Crippen LogP contribution in [0.3, 0.4) is 0 Å². The Morgan fingerprint density at radius 3 is 2.93 bits per heavy atom. The minimum atomic E-state index is 0.569. The lowest BCUT2D eigenvalue weighted by molar-refractivity contribution is 0.741. The Bertz CT molecular complexity index is 376. The Morgan fingerprint density at radius 1 is 1.40 bits per heavy atom. The van der Waals surface area contributed by atoms with Crippen molar-refractivity contribution in [3.63, 3.8) is 0 Å². The summed E-state index contributed by atoms with van der Waals surface area (Å²) in [5.74, 6) is 0. The van der Waals surface area contributed by atoms with Gasteiger partial charge in [-0.05, 0) is 37.5 Å². The second kappa shape index (κ2) is 4.95. The first-order valence-corrected chi connectivity index (χ1v) is 6.40. The van der Waals surface area contributed by atoms with Crippen molar-refractivity contribution >= 4 is 29.1 Å². The van der Waals surface area contributed by atoms with E-state index in [-0.39, 0.29) is 0 Å². The van der Waals surface area contributed by atoms with E-state index in [4.69, 9.17) is 17.3 Å². The van der Waals surface area contributed by atoms with Crippen molar-refractivity contribution in [3.05, 3.63) is 35.4 Å². The third-order valence-electron chi connectivity index (χ3n) is 2.44. The highest BCUT2D eigenvalue weighted by Gasteiger charge is 2.11. The summed E-state index contributed by atoms with van der Waals surface area (Å²) in [6.07, 6.45) is 8.27. The Kier molecular flexibility index (Phi) is 3.60. The summed E-state index contributed by atoms with van der Waals surface area (Å²) in [5, 5.41) is 1.33. The zero-order chi connectivity index (χ0) is 10.7. The number of rotatable bonds is 2. The number of nitrogen functional groups attached to an aromatic ring is 1. The van der Waals surface area contributed by atoms with Crippen LogP contribution in [0.25, 0.3) is 0 Å². The van der Waals surface area contributed by atoms with Crippen molar-refractivity contribution in [1.29, 1.82) is 0 Å². The van der Waals surface area contributed by atoms with Gasteiger partial charge >= 0.3 is 0 Å². The van der Waals surface area contributed by atoms with Gasteiger partial charge in [-0.3, -0.25) is 0 Å². The molecule has 0 amide bonds. The van der Waals surface area contributed by atoms with Gasteiger partial charge in [0.25, 0.3) is 0 Å². The molecule has 0 bridgehead atoms. The molecule has 80 valence electrons. The van der Waals surface area contributed by atoms with E-state index in [1.54, 1.807) is 0 Å². The van der Waals surface area contributed by atoms with E-state index < -0.39 is 0 Å². The molecule has 0 fully saturated rings. The smallest absolute Gasteiger partial charge is 0.0562 e. The summed E-state index contributed by atoms with van der Waals surface area (Å²) in [4.78, 5) is 1.13. The van der Waals surface area contributed by atoms with E-state index in [2.05, 4.69) is 12.2 Å². The molecule has 0 heterocycles. The molecular weight excluding hydrogens is 226 g/mol. The number of thioether (sulfide) groups is 1. The number of allylic oxidation sites excluding steroid dienone is 1. The predicted molar refractivity (Wildman–Crippen MR) is 68.5 cm³/mol. The molecule has 1 nitrogen and oxygen atoms in total. The fraction of sp³-hybridized carbons (Fsp3) is 0.333. The Balaban J connectivity index is 2.09. The first kappa shape index (κ1) is 10.9. The van der Waals surface area contributed by atoms with Crippen molar-refractivity contribution in [2.45, 2.75) is 29.4 Å². The van der Waals surface area contributed by atoms with Gasteiger partial charge in [-0.2, -0.15) is 0 Å². The van der Waals surface area contributed by atoms with Gasteiger partial charge in [-0.1, -0.05) is 23.8 Å². The third-order valence-corrected chi connectivity index (χ3v) is 4.17. The molecule has 1 aliphatic carbocycles. The monoisotopic (exact) mass is 239 g/mol. The molecule has 1 atom stereocenters. The first-order chi connectivity index (χ1) is 7.25. The molecule has 1 aromatic rings. The van der Waals surface area contributed by atoms with Gasteiger partial charge < -0.3 is 5.73 Å². The number of anilines is 1. The second-order valence-electron chi connectivity index (χ2n) is 3.71. The highest BCUT2D eigenvalue weighted by atomic mass is 35.5. The van der Waals surface area contributed by atoms with Crippen molar-refractivity contribution in [3.8, 4) is 0 Å². The van der Waals surface area contributed by atoms with Crippen molar-refractivity contribution in [2.75, 3.05) is 5.73 Å². The molecule has 0 aromatic heterocycles. The van der Waals surface area contributed by atoms with Crippen LogP contribution >= 0.6 is 23.4 Å². The van der Waals surface area contributed by atoms with Crippen LogP contribution < -0.4 is 5.73 Å². The summed E-state index contributed by atoms with van der Waals surface area (Å²) in [6.45, 7) is 0. The average Bonchev–Trinajstić information content (AvgIpc) is 2.24. The van der Waals surface area contributed by atoms with Crippen molar-refractivity contribution < 1.29 is 0 Å². The Labute approximate surface area is 99.7 Å². The lowest BCUT2D eigenvalue weighted by atomic mass is 10.1. The van der Waals surface area contributed by atoms with Gasteiger partial charge in [0, 0.05) is 15.8 Å². The maximum absolute atomic E-state index is 6.12. The fourth-order valence-electron chi connectivity index (χ4n) is 1.66. The number of benzene rings is 1. The van der Waals surface area contributed by atoms with E-state index in [1.165, 1.54) is 19.3 Å². The zero-order valence-electron chi connectivity index (χ0n) is 8.45. The molecule has 2 rings (SSSR count). The predicted octanol–water partition coefficient (Wildman–Crippen LogP) is 4.12. The minimum absolute atomic E-state index is 0.569. The van der Waals surface area contributed by atoms with Gasteiger partial charge in [0.1, 0.15) is 0 Å². The summed E-state index contributed by atoms with van der Waals surface area (Å²) in [7, 11) is 0. The molecule has 15 heavy (non-hydrogen) atoms. The topological polar surface area (TPSA) is 26.0 Å². The fourth-order valence-corrected chi connectivity index (χ4v) is 3.10. The van der Waals surface area contributed by atoms with Gasteiger partial charge in [-0.25, -0.2) is 0 Å². The van der Waals surface area contributed by atoms with E-state index >= 15 is 0 Å². The standard InChI is InChI=1S/C12H14ClNS/c13-11-8-9(14)6-7-12(11)15-10-4-2-1-3-5-10/h2,4,6-8,10H,1,3,5,14H2. The average molecular weight is 240 g/mol. The molecular formula is C12H14ClNS. The van der Waals surface area contributed by atoms with E-state index in [1.807, 2.05) is 30.0 Å². The maximum Gasteiger partial charge on any atom is 0.0562 e. The number of halogens is 1. The van der Waals surface area contributed by atoms with Crippen molar-refractivity contribution in [1.82, 2.24) is 0 Å². The van der Waals surface area contributed by atoms with E-state index in [0.717, 1.165) is 15.6 Å². The van der Waals surface area contributed by atoms with Crippen LogP contribution in [0.5, 0.6) is 0 Å². The van der Waals surface area contributed by atoms with Crippen LogP contribution in [0.4, 0.5) is 5.69 Å². The minimum Gasteiger partial charge on any atom is -0.399 e. The van der Waals surface area contributed by atoms with Gasteiger partial charge in [0.15, 0.2) is 0 Å². The van der Waals surface area contributed by atoms with Crippen LogP contribution in [0, 0.1) is 0 Å². The maximum atomic E-state index is 6.12. The van der Waals surface area contributed by atoms with Crippen LogP contribution in [0.15, 0.2) is 35.2 Å². The number of nitrogens with two attached hydrogens (primary N) is 1. The molecule has 0 saturated heterocycles. The highest BCUT2D eigenvalue weighted by Crippen LogP contribution is 2.35. The summed E-state index contributed by atoms with van der Waals surface area (Å²) >= 11 is 7.95. The molecule has 0 radical (unpaired) electrons. The van der Waals surface area contributed by atoms with Crippen LogP contribution in [-0.2, 0) is 0 Å². The Morgan fingerprint density at radius 2 is 2.27 bits per heavy atom. The van der Waals surface area contributed by atoms with Gasteiger partial charge in [0.2, 0.25) is 0 Å². The Hall–Kier alpha value is -0.600. The molecule has 3 heteroatoms. The largest absolute Gasteiger partial charge is 0.399 e. The molecule has 1 aromatic carbocycles. The lowest BCUT2D eigenvalue weighted by Crippen LogP contribution is -2.02. The van der Waals surface area contributed by atoms with Gasteiger partial charge in [-0.15, -0.1) is 11.8 Å². The number of hydrogen-bond acceptors (Lipinski definition) is 2. The molecule has 0 saturated carbocycles. The first-order valence-electron chi connectivity index (χ1n) is 5.14. The summed E-state index contributed by atoms with van der Waals surface area (Å²) in [6, 6.07) is 5.72. The van der Waals surface area contributed by atoms with Crippen LogP contribution in [-0.4, -0.2) is 5.25 Å². The molecule has 2 N–H and O–H groups in total. The SMILES string of the molecule is Nc1ccc(SC2C=CCCC2)c(Cl)c1. The van der Waals surface area contributed by atoms with Crippen LogP contribution in [0.1, 0.15) is 19.3 Å².